The van der Waals surface area contributed by atoms with Crippen molar-refractivity contribution in [1.82, 2.24) is 5.32 Å². The zero-order chi connectivity index (χ0) is 15.1. The van der Waals surface area contributed by atoms with Gasteiger partial charge in [0.2, 0.25) is 0 Å². The fourth-order valence-corrected chi connectivity index (χ4v) is 2.56. The number of carbonyl (C=O) groups excluding carboxylic acids is 1. The minimum atomic E-state index is -0.352. The summed E-state index contributed by atoms with van der Waals surface area (Å²) in [6.07, 6.45) is 3.03. The quantitative estimate of drug-likeness (QED) is 0.657. The Morgan fingerprint density at radius 1 is 1.55 bits per heavy atom. The predicted molar refractivity (Wildman–Crippen MR) is 75.7 cm³/mol. The zero-order valence-electron chi connectivity index (χ0n) is 12.5. The van der Waals surface area contributed by atoms with Gasteiger partial charge in [-0.3, -0.25) is 0 Å². The van der Waals surface area contributed by atoms with Gasteiger partial charge in [-0.2, -0.15) is 0 Å². The molecule has 3 N–H and O–H groups in total. The highest BCUT2D eigenvalue weighted by Gasteiger charge is 2.40. The Morgan fingerprint density at radius 2 is 2.25 bits per heavy atom. The summed E-state index contributed by atoms with van der Waals surface area (Å²) in [5.74, 6) is 2.43. The summed E-state index contributed by atoms with van der Waals surface area (Å²) >= 11 is 0. The van der Waals surface area contributed by atoms with E-state index in [1.807, 2.05) is 19.9 Å². The third-order valence-corrected chi connectivity index (χ3v) is 3.52. The predicted octanol–water partition coefficient (Wildman–Crippen LogP) is 0.360. The van der Waals surface area contributed by atoms with E-state index in [0.29, 0.717) is 0 Å². The van der Waals surface area contributed by atoms with Crippen LogP contribution in [0.5, 0.6) is 0 Å². The fourth-order valence-electron chi connectivity index (χ4n) is 2.56. The van der Waals surface area contributed by atoms with Crippen LogP contribution in [0.4, 0.5) is 0 Å². The van der Waals surface area contributed by atoms with E-state index < -0.39 is 0 Å². The molecule has 0 spiro atoms. The third-order valence-electron chi connectivity index (χ3n) is 3.52. The molecule has 0 aromatic heterocycles. The lowest BCUT2D eigenvalue weighted by atomic mass is 9.92. The number of hydrogen-bond donors (Lipinski definition) is 2. The first-order chi connectivity index (χ1) is 9.58. The van der Waals surface area contributed by atoms with Crippen LogP contribution in [-0.4, -0.2) is 50.6 Å². The molecule has 114 valence electrons. The second-order valence-corrected chi connectivity index (χ2v) is 4.77. The standard InChI is InChI=1S/C14H24N2O4/c1-5-11(18-3)13(19-4)14-12(16-6-7-17)10(15)8-9(2)20-14/h6,8,10-14,16H,5,15H2,1-4H3/t10?,11?,12?,13?,14-/m1/s1. The van der Waals surface area contributed by atoms with Gasteiger partial charge in [0.05, 0.1) is 30.1 Å². The van der Waals surface area contributed by atoms with E-state index in [-0.39, 0.29) is 30.4 Å². The molecule has 0 bridgehead atoms. The number of nitrogens with two attached hydrogens (primary N) is 1. The lowest BCUT2D eigenvalue weighted by Gasteiger charge is -2.40. The molecule has 0 radical (unpaired) electrons. The van der Waals surface area contributed by atoms with Gasteiger partial charge in [-0.25, -0.2) is 4.79 Å². The van der Waals surface area contributed by atoms with Gasteiger partial charge in [0.15, 0.2) is 0 Å². The maximum Gasteiger partial charge on any atom is 0.149 e. The van der Waals surface area contributed by atoms with Crippen molar-refractivity contribution < 1.29 is 19.0 Å². The number of rotatable bonds is 7. The molecule has 0 fully saturated rings. The summed E-state index contributed by atoms with van der Waals surface area (Å²) in [6, 6.07) is -0.570. The van der Waals surface area contributed by atoms with Gasteiger partial charge in [0.25, 0.3) is 0 Å². The van der Waals surface area contributed by atoms with Gasteiger partial charge in [0.1, 0.15) is 18.1 Å². The van der Waals surface area contributed by atoms with Crippen LogP contribution in [0.1, 0.15) is 20.3 Å². The van der Waals surface area contributed by atoms with Crippen molar-refractivity contribution in [1.29, 1.82) is 0 Å². The summed E-state index contributed by atoms with van der Waals surface area (Å²) in [5.41, 5.74) is 6.11. The Balaban J connectivity index is 3.01. The highest BCUT2D eigenvalue weighted by Crippen LogP contribution is 2.24. The molecule has 20 heavy (non-hydrogen) atoms. The normalized spacial score (nSPS) is 28.6. The molecular formula is C14H24N2O4. The Kier molecular flexibility index (Phi) is 6.75. The average molecular weight is 284 g/mol. The van der Waals surface area contributed by atoms with Crippen molar-refractivity contribution in [3.8, 4) is 0 Å². The third kappa shape index (κ3) is 3.84. The van der Waals surface area contributed by atoms with Crippen LogP contribution in [0.2, 0.25) is 0 Å². The molecule has 0 aliphatic carbocycles. The van der Waals surface area contributed by atoms with Crippen molar-refractivity contribution in [2.75, 3.05) is 14.2 Å². The van der Waals surface area contributed by atoms with E-state index in [9.17, 15) is 4.79 Å². The van der Waals surface area contributed by atoms with E-state index in [1.54, 1.807) is 20.2 Å². The first kappa shape index (κ1) is 16.7. The second kappa shape index (κ2) is 8.07. The van der Waals surface area contributed by atoms with Crippen LogP contribution in [0, 0.1) is 0 Å². The molecule has 1 aliphatic rings. The van der Waals surface area contributed by atoms with Crippen molar-refractivity contribution >= 4 is 5.94 Å². The molecule has 6 heteroatoms. The summed E-state index contributed by atoms with van der Waals surface area (Å²) in [6.45, 7) is 3.86. The second-order valence-electron chi connectivity index (χ2n) is 4.77. The largest absolute Gasteiger partial charge is 0.490 e. The minimum absolute atomic E-state index is 0.118. The first-order valence-electron chi connectivity index (χ1n) is 6.70. The minimum Gasteiger partial charge on any atom is -0.490 e. The summed E-state index contributed by atoms with van der Waals surface area (Å²) in [7, 11) is 3.25. The maximum absolute atomic E-state index is 10.4. The fraction of sp³-hybridized carbons (Fsp3) is 0.714. The highest BCUT2D eigenvalue weighted by molar-refractivity contribution is 5.44. The lowest BCUT2D eigenvalue weighted by molar-refractivity contribution is -0.118. The summed E-state index contributed by atoms with van der Waals surface area (Å²) in [4.78, 5) is 10.4. The maximum atomic E-state index is 10.4. The van der Waals surface area contributed by atoms with Crippen molar-refractivity contribution in [2.45, 2.75) is 50.7 Å². The van der Waals surface area contributed by atoms with Gasteiger partial charge in [-0.05, 0) is 19.4 Å². The monoisotopic (exact) mass is 284 g/mol. The van der Waals surface area contributed by atoms with Gasteiger partial charge in [-0.1, -0.05) is 6.92 Å². The Hall–Kier alpha value is -1.33. The molecule has 0 aromatic carbocycles. The van der Waals surface area contributed by atoms with Gasteiger partial charge < -0.3 is 25.3 Å². The molecule has 6 nitrogen and oxygen atoms in total. The number of hydrogen-bond acceptors (Lipinski definition) is 6. The van der Waals surface area contributed by atoms with Crippen LogP contribution < -0.4 is 11.1 Å². The van der Waals surface area contributed by atoms with Gasteiger partial charge >= 0.3 is 0 Å². The summed E-state index contributed by atoms with van der Waals surface area (Å²) < 4.78 is 16.9. The van der Waals surface area contributed by atoms with Crippen LogP contribution in [-0.2, 0) is 19.0 Å². The van der Waals surface area contributed by atoms with Crippen LogP contribution in [0.25, 0.3) is 0 Å². The van der Waals surface area contributed by atoms with Crippen molar-refractivity contribution in [3.63, 3.8) is 0 Å². The molecule has 1 rings (SSSR count). The van der Waals surface area contributed by atoms with E-state index in [0.717, 1.165) is 12.2 Å². The molecule has 0 saturated heterocycles. The summed E-state index contributed by atoms with van der Waals surface area (Å²) in [5, 5.41) is 2.93. The average Bonchev–Trinajstić information content (AvgIpc) is 2.43. The molecule has 4 unspecified atom stereocenters. The SMILES string of the molecule is CCC(OC)C(OC)[C@@H]1OC(C)=CC(N)C1NC=C=O. The van der Waals surface area contributed by atoms with Crippen LogP contribution in [0.3, 0.4) is 0 Å². The van der Waals surface area contributed by atoms with Crippen LogP contribution >= 0.6 is 0 Å². The number of methoxy groups -OCH3 is 2. The van der Waals surface area contributed by atoms with Gasteiger partial charge in [0, 0.05) is 14.2 Å². The van der Waals surface area contributed by atoms with E-state index >= 15 is 0 Å². The molecule has 1 aliphatic heterocycles. The molecule has 1 heterocycles. The molecular weight excluding hydrogens is 260 g/mol. The Bertz CT molecular complexity index is 375. The van der Waals surface area contributed by atoms with E-state index in [1.165, 1.54) is 6.20 Å². The topological polar surface area (TPSA) is 82.8 Å². The molecule has 0 amide bonds. The number of nitrogens with one attached hydrogen (secondary N) is 1. The number of allylic oxidation sites excluding steroid dienone is 1. The molecule has 0 saturated carbocycles. The van der Waals surface area contributed by atoms with Gasteiger partial charge in [-0.15, -0.1) is 0 Å². The smallest absolute Gasteiger partial charge is 0.149 e. The van der Waals surface area contributed by atoms with E-state index in [4.69, 9.17) is 19.9 Å². The zero-order valence-corrected chi connectivity index (χ0v) is 12.5. The molecule has 5 atom stereocenters. The number of ether oxygens (including phenoxy) is 3. The van der Waals surface area contributed by atoms with Crippen LogP contribution in [0.15, 0.2) is 18.0 Å². The van der Waals surface area contributed by atoms with E-state index in [2.05, 4.69) is 5.32 Å². The molecule has 0 aromatic rings. The lowest BCUT2D eigenvalue weighted by Crippen LogP contribution is -2.59. The van der Waals surface area contributed by atoms with Crippen molar-refractivity contribution in [3.05, 3.63) is 18.0 Å². The van der Waals surface area contributed by atoms with Crippen molar-refractivity contribution in [2.24, 2.45) is 5.73 Å². The Morgan fingerprint density at radius 3 is 2.75 bits per heavy atom. The highest BCUT2D eigenvalue weighted by atomic mass is 16.6. The Labute approximate surface area is 119 Å². The first-order valence-corrected chi connectivity index (χ1v) is 6.70.